The monoisotopic (exact) mass is 430 g/mol. The van der Waals surface area contributed by atoms with Crippen LogP contribution < -0.4 is 16.0 Å². The van der Waals surface area contributed by atoms with E-state index in [0.29, 0.717) is 29.0 Å². The predicted molar refractivity (Wildman–Crippen MR) is 126 cm³/mol. The smallest absolute Gasteiger partial charge is 0.253 e. The minimum Gasteiger partial charge on any atom is -0.376 e. The summed E-state index contributed by atoms with van der Waals surface area (Å²) in [4.78, 5) is 38.3. The molecule has 0 saturated heterocycles. The molecule has 0 spiro atoms. The van der Waals surface area contributed by atoms with Gasteiger partial charge in [0.25, 0.3) is 11.8 Å². The lowest BCUT2D eigenvalue weighted by Gasteiger charge is -2.18. The van der Waals surface area contributed by atoms with E-state index in [2.05, 4.69) is 16.0 Å². The van der Waals surface area contributed by atoms with E-state index in [1.54, 1.807) is 67.5 Å². The Morgan fingerprint density at radius 3 is 2.22 bits per heavy atom. The van der Waals surface area contributed by atoms with Crippen molar-refractivity contribution < 1.29 is 14.4 Å². The fraction of sp³-hybridized carbons (Fsp3) is 0.160. The highest BCUT2D eigenvalue weighted by atomic mass is 16.2. The van der Waals surface area contributed by atoms with Crippen LogP contribution in [0.4, 0.5) is 11.4 Å². The number of carbonyl (C=O) groups is 3. The molecule has 164 valence electrons. The van der Waals surface area contributed by atoms with Crippen molar-refractivity contribution >= 4 is 29.1 Å². The maximum absolute atomic E-state index is 12.8. The third kappa shape index (κ3) is 6.18. The number of nitrogens with zero attached hydrogens (tertiary/aromatic N) is 1. The van der Waals surface area contributed by atoms with Gasteiger partial charge in [-0.1, -0.05) is 36.4 Å². The second-order valence-electron chi connectivity index (χ2n) is 7.29. The van der Waals surface area contributed by atoms with Crippen LogP contribution in [0.3, 0.4) is 0 Å². The van der Waals surface area contributed by atoms with Gasteiger partial charge in [-0.2, -0.15) is 0 Å². The van der Waals surface area contributed by atoms with E-state index in [4.69, 9.17) is 0 Å². The summed E-state index contributed by atoms with van der Waals surface area (Å²) in [5.74, 6) is -0.526. The molecule has 3 amide bonds. The molecule has 0 aromatic heterocycles. The maximum Gasteiger partial charge on any atom is 0.253 e. The minimum atomic E-state index is -0.240. The number of nitrogens with one attached hydrogen (secondary N) is 3. The quantitative estimate of drug-likeness (QED) is 0.511. The molecule has 3 aromatic carbocycles. The van der Waals surface area contributed by atoms with Gasteiger partial charge in [0.05, 0.1) is 6.54 Å². The van der Waals surface area contributed by atoms with Gasteiger partial charge in [-0.25, -0.2) is 0 Å². The van der Waals surface area contributed by atoms with Gasteiger partial charge in [-0.3, -0.25) is 14.4 Å². The summed E-state index contributed by atoms with van der Waals surface area (Å²) >= 11 is 0. The van der Waals surface area contributed by atoms with Crippen LogP contribution in [0.15, 0.2) is 78.9 Å². The molecule has 3 N–H and O–H groups in total. The van der Waals surface area contributed by atoms with E-state index in [9.17, 15) is 14.4 Å². The van der Waals surface area contributed by atoms with Crippen LogP contribution in [0, 0.1) is 0 Å². The number of carbonyl (C=O) groups excluding carboxylic acids is 3. The zero-order valence-electron chi connectivity index (χ0n) is 18.1. The van der Waals surface area contributed by atoms with Crippen LogP contribution in [0.1, 0.15) is 26.3 Å². The molecular weight excluding hydrogens is 404 g/mol. The molecule has 3 rings (SSSR count). The van der Waals surface area contributed by atoms with Gasteiger partial charge < -0.3 is 20.9 Å². The summed E-state index contributed by atoms with van der Waals surface area (Å²) in [5, 5.41) is 8.36. The van der Waals surface area contributed by atoms with Crippen LogP contribution in [-0.2, 0) is 11.3 Å². The van der Waals surface area contributed by atoms with Gasteiger partial charge in [-0.05, 0) is 48.0 Å². The van der Waals surface area contributed by atoms with Crippen LogP contribution in [-0.4, -0.2) is 43.3 Å². The Morgan fingerprint density at radius 2 is 1.53 bits per heavy atom. The SMILES string of the molecule is CNC(=O)c1ccc(NC(=O)CNc2cccc(C(=O)N(C)Cc3ccccc3)c2)cc1. The molecule has 0 aliphatic rings. The first kappa shape index (κ1) is 22.6. The Hall–Kier alpha value is -4.13. The van der Waals surface area contributed by atoms with Crippen molar-refractivity contribution in [2.45, 2.75) is 6.54 Å². The molecule has 0 heterocycles. The number of benzene rings is 3. The van der Waals surface area contributed by atoms with E-state index in [-0.39, 0.29) is 24.3 Å². The topological polar surface area (TPSA) is 90.5 Å². The van der Waals surface area contributed by atoms with Crippen LogP contribution in [0.5, 0.6) is 0 Å². The molecule has 0 atom stereocenters. The van der Waals surface area contributed by atoms with E-state index >= 15 is 0 Å². The van der Waals surface area contributed by atoms with Crippen molar-refractivity contribution in [3.63, 3.8) is 0 Å². The first-order valence-electron chi connectivity index (χ1n) is 10.2. The Bertz CT molecular complexity index is 1080. The molecule has 32 heavy (non-hydrogen) atoms. The Kier molecular flexibility index (Phi) is 7.59. The Balaban J connectivity index is 1.54. The molecule has 3 aromatic rings. The van der Waals surface area contributed by atoms with Gasteiger partial charge in [0, 0.05) is 43.1 Å². The fourth-order valence-corrected chi connectivity index (χ4v) is 3.15. The number of hydrogen-bond acceptors (Lipinski definition) is 4. The zero-order chi connectivity index (χ0) is 22.9. The maximum atomic E-state index is 12.8. The van der Waals surface area contributed by atoms with Crippen molar-refractivity contribution in [2.75, 3.05) is 31.3 Å². The third-order valence-electron chi connectivity index (χ3n) is 4.83. The lowest BCUT2D eigenvalue weighted by atomic mass is 10.1. The summed E-state index contributed by atoms with van der Waals surface area (Å²) < 4.78 is 0. The highest BCUT2D eigenvalue weighted by molar-refractivity contribution is 5.97. The summed E-state index contributed by atoms with van der Waals surface area (Å²) in [7, 11) is 3.33. The van der Waals surface area contributed by atoms with Gasteiger partial charge in [0.2, 0.25) is 5.91 Å². The molecular formula is C25H26N4O3. The van der Waals surface area contributed by atoms with E-state index < -0.39 is 0 Å². The summed E-state index contributed by atoms with van der Waals surface area (Å²) in [5.41, 5.74) is 3.38. The summed E-state index contributed by atoms with van der Waals surface area (Å²) in [6.45, 7) is 0.549. The van der Waals surface area contributed by atoms with Gasteiger partial charge in [0.1, 0.15) is 0 Å². The van der Waals surface area contributed by atoms with Gasteiger partial charge in [-0.15, -0.1) is 0 Å². The van der Waals surface area contributed by atoms with Crippen LogP contribution >= 0.6 is 0 Å². The molecule has 0 unspecified atom stereocenters. The van der Waals surface area contributed by atoms with Crippen molar-refractivity contribution in [3.05, 3.63) is 95.6 Å². The Morgan fingerprint density at radius 1 is 0.812 bits per heavy atom. The lowest BCUT2D eigenvalue weighted by molar-refractivity contribution is -0.114. The second-order valence-corrected chi connectivity index (χ2v) is 7.29. The van der Waals surface area contributed by atoms with Crippen LogP contribution in [0.2, 0.25) is 0 Å². The molecule has 0 aliphatic carbocycles. The Labute approximate surface area is 187 Å². The van der Waals surface area contributed by atoms with Crippen molar-refractivity contribution in [1.29, 1.82) is 0 Å². The first-order valence-corrected chi connectivity index (χ1v) is 10.2. The molecule has 0 bridgehead atoms. The average Bonchev–Trinajstić information content (AvgIpc) is 2.83. The first-order chi connectivity index (χ1) is 15.5. The third-order valence-corrected chi connectivity index (χ3v) is 4.83. The van der Waals surface area contributed by atoms with Crippen molar-refractivity contribution in [1.82, 2.24) is 10.2 Å². The highest BCUT2D eigenvalue weighted by Gasteiger charge is 2.13. The normalized spacial score (nSPS) is 10.2. The molecule has 0 fully saturated rings. The number of rotatable bonds is 8. The van der Waals surface area contributed by atoms with Crippen molar-refractivity contribution in [2.24, 2.45) is 0 Å². The highest BCUT2D eigenvalue weighted by Crippen LogP contribution is 2.14. The number of anilines is 2. The number of hydrogen-bond donors (Lipinski definition) is 3. The molecule has 0 radical (unpaired) electrons. The van der Waals surface area contributed by atoms with Crippen molar-refractivity contribution in [3.8, 4) is 0 Å². The minimum absolute atomic E-state index is 0.0364. The largest absolute Gasteiger partial charge is 0.376 e. The molecule has 7 nitrogen and oxygen atoms in total. The fourth-order valence-electron chi connectivity index (χ4n) is 3.15. The summed E-state index contributed by atoms with van der Waals surface area (Å²) in [6, 6.07) is 23.5. The molecule has 0 aliphatic heterocycles. The van der Waals surface area contributed by atoms with Crippen LogP contribution in [0.25, 0.3) is 0 Å². The summed E-state index contributed by atoms with van der Waals surface area (Å²) in [6.07, 6.45) is 0. The average molecular weight is 431 g/mol. The molecule has 7 heteroatoms. The zero-order valence-corrected chi connectivity index (χ0v) is 18.1. The second kappa shape index (κ2) is 10.8. The standard InChI is InChI=1S/C25H26N4O3/c1-26-24(31)19-11-13-21(14-12-19)28-23(30)16-27-22-10-6-9-20(15-22)25(32)29(2)17-18-7-4-3-5-8-18/h3-15,27H,16-17H2,1-2H3,(H,26,31)(H,28,30). The number of amides is 3. The lowest BCUT2D eigenvalue weighted by Crippen LogP contribution is -2.26. The van der Waals surface area contributed by atoms with E-state index in [1.165, 1.54) is 0 Å². The predicted octanol–water partition coefficient (Wildman–Crippen LogP) is 3.37. The van der Waals surface area contributed by atoms with E-state index in [1.807, 2.05) is 30.3 Å². The van der Waals surface area contributed by atoms with Gasteiger partial charge >= 0.3 is 0 Å². The van der Waals surface area contributed by atoms with Gasteiger partial charge in [0.15, 0.2) is 0 Å². The molecule has 0 saturated carbocycles. The van der Waals surface area contributed by atoms with E-state index in [0.717, 1.165) is 5.56 Å².